The molecule has 0 aromatic carbocycles. The number of rotatable bonds is 4. The highest BCUT2D eigenvalue weighted by Crippen LogP contribution is 2.26. The van der Waals surface area contributed by atoms with E-state index in [1.54, 1.807) is 20.8 Å². The topological polar surface area (TPSA) is 95.5 Å². The van der Waals surface area contributed by atoms with Crippen LogP contribution in [0.1, 0.15) is 48.5 Å². The monoisotopic (exact) mass is 286 g/mol. The fraction of sp³-hybridized carbons (Fsp3) is 0.786. The van der Waals surface area contributed by atoms with Gasteiger partial charge in [-0.05, 0) is 33.1 Å². The highest BCUT2D eigenvalue weighted by molar-refractivity contribution is 5.99. The molecule has 0 aromatic heterocycles. The van der Waals surface area contributed by atoms with Gasteiger partial charge < -0.3 is 15.7 Å². The molecule has 116 valence electrons. The van der Waals surface area contributed by atoms with Crippen molar-refractivity contribution in [1.82, 2.24) is 10.6 Å². The maximum Gasteiger partial charge on any atom is 0.316 e. The summed E-state index contributed by atoms with van der Waals surface area (Å²) in [6, 6.07) is -0.786. The molecule has 0 spiro atoms. The number of nitrogens with one attached hydrogen (secondary N) is 2. The second-order valence-electron chi connectivity index (χ2n) is 7.11. The summed E-state index contributed by atoms with van der Waals surface area (Å²) in [7, 11) is 0. The fourth-order valence-electron chi connectivity index (χ4n) is 1.72. The number of aliphatic carboxylic acids is 1. The zero-order valence-corrected chi connectivity index (χ0v) is 13.3. The molecule has 0 fully saturated rings. The van der Waals surface area contributed by atoms with Gasteiger partial charge in [-0.3, -0.25) is 14.4 Å². The van der Waals surface area contributed by atoms with Crippen molar-refractivity contribution < 1.29 is 19.5 Å². The molecule has 2 atom stereocenters. The molecule has 0 saturated carbocycles. The smallest absolute Gasteiger partial charge is 0.316 e. The third-order valence-corrected chi connectivity index (χ3v) is 2.63. The molecular formula is C14H26N2O4. The summed E-state index contributed by atoms with van der Waals surface area (Å²) in [6.07, 6.45) is 0. The summed E-state index contributed by atoms with van der Waals surface area (Å²) in [4.78, 5) is 35.1. The van der Waals surface area contributed by atoms with Gasteiger partial charge in [0.1, 0.15) is 12.0 Å². The first-order valence-electron chi connectivity index (χ1n) is 6.61. The molecule has 6 heteroatoms. The molecule has 20 heavy (non-hydrogen) atoms. The average molecular weight is 286 g/mol. The number of hydrogen-bond acceptors (Lipinski definition) is 3. The van der Waals surface area contributed by atoms with Crippen LogP contribution in [0.3, 0.4) is 0 Å². The maximum atomic E-state index is 12.0. The predicted octanol–water partition coefficient (Wildman–Crippen LogP) is 1.15. The van der Waals surface area contributed by atoms with E-state index in [-0.39, 0.29) is 5.91 Å². The van der Waals surface area contributed by atoms with Crippen molar-refractivity contribution in [1.29, 1.82) is 0 Å². The molecule has 2 unspecified atom stereocenters. The van der Waals surface area contributed by atoms with Crippen LogP contribution in [-0.2, 0) is 14.4 Å². The lowest BCUT2D eigenvalue weighted by Crippen LogP contribution is -2.53. The van der Waals surface area contributed by atoms with E-state index in [1.165, 1.54) is 6.92 Å². The van der Waals surface area contributed by atoms with Crippen LogP contribution in [0.4, 0.5) is 0 Å². The zero-order chi connectivity index (χ0) is 16.3. The Morgan fingerprint density at radius 2 is 1.40 bits per heavy atom. The lowest BCUT2D eigenvalue weighted by atomic mass is 9.80. The van der Waals surface area contributed by atoms with Crippen molar-refractivity contribution in [2.24, 2.45) is 11.3 Å². The van der Waals surface area contributed by atoms with E-state index in [1.807, 2.05) is 20.8 Å². The first kappa shape index (κ1) is 18.4. The minimum atomic E-state index is -1.20. The normalized spacial score (nSPS) is 15.2. The van der Waals surface area contributed by atoms with Gasteiger partial charge in [0, 0.05) is 5.54 Å². The second-order valence-corrected chi connectivity index (χ2v) is 7.11. The van der Waals surface area contributed by atoms with Crippen LogP contribution in [0.15, 0.2) is 0 Å². The van der Waals surface area contributed by atoms with Gasteiger partial charge in [0.15, 0.2) is 0 Å². The van der Waals surface area contributed by atoms with Gasteiger partial charge in [0.2, 0.25) is 11.8 Å². The Kier molecular flexibility index (Phi) is 5.74. The van der Waals surface area contributed by atoms with E-state index in [9.17, 15) is 14.4 Å². The van der Waals surface area contributed by atoms with Crippen LogP contribution in [0.2, 0.25) is 0 Å². The highest BCUT2D eigenvalue weighted by Gasteiger charge is 2.38. The zero-order valence-electron chi connectivity index (χ0n) is 13.3. The van der Waals surface area contributed by atoms with E-state index in [2.05, 4.69) is 10.6 Å². The molecule has 0 heterocycles. The van der Waals surface area contributed by atoms with E-state index in [4.69, 9.17) is 5.11 Å². The standard InChI is InChI=1S/C14H26N2O4/c1-8(10(17)16-14(5,6)7)15-11(18)9(12(19)20)13(2,3)4/h8-9H,1-7H3,(H,15,18)(H,16,17)(H,19,20). The minimum Gasteiger partial charge on any atom is -0.481 e. The van der Waals surface area contributed by atoms with Crippen molar-refractivity contribution in [3.63, 3.8) is 0 Å². The Morgan fingerprint density at radius 1 is 0.950 bits per heavy atom. The highest BCUT2D eigenvalue weighted by atomic mass is 16.4. The molecule has 0 aliphatic heterocycles. The Bertz CT molecular complexity index is 391. The number of carboxylic acids is 1. The fourth-order valence-corrected chi connectivity index (χ4v) is 1.72. The number of amides is 2. The van der Waals surface area contributed by atoms with Crippen molar-refractivity contribution in [3.05, 3.63) is 0 Å². The van der Waals surface area contributed by atoms with E-state index in [0.717, 1.165) is 0 Å². The number of carboxylic acid groups (broad SMARTS) is 1. The SMILES string of the molecule is CC(NC(=O)C(C(=O)O)C(C)(C)C)C(=O)NC(C)(C)C. The van der Waals surface area contributed by atoms with E-state index >= 15 is 0 Å². The largest absolute Gasteiger partial charge is 0.481 e. The van der Waals surface area contributed by atoms with Crippen molar-refractivity contribution in [2.75, 3.05) is 0 Å². The molecule has 0 rings (SSSR count). The molecule has 3 N–H and O–H groups in total. The van der Waals surface area contributed by atoms with Crippen LogP contribution in [0, 0.1) is 11.3 Å². The predicted molar refractivity (Wildman–Crippen MR) is 76.1 cm³/mol. The maximum absolute atomic E-state index is 12.0. The summed E-state index contributed by atoms with van der Waals surface area (Å²) in [5.74, 6) is -3.39. The van der Waals surface area contributed by atoms with Gasteiger partial charge in [-0.25, -0.2) is 0 Å². The van der Waals surface area contributed by atoms with Gasteiger partial charge in [-0.15, -0.1) is 0 Å². The molecule has 0 saturated heterocycles. The van der Waals surface area contributed by atoms with E-state index < -0.39 is 34.8 Å². The molecule has 6 nitrogen and oxygen atoms in total. The molecule has 0 radical (unpaired) electrons. The third kappa shape index (κ3) is 6.04. The minimum absolute atomic E-state index is 0.344. The summed E-state index contributed by atoms with van der Waals surface area (Å²) in [5, 5.41) is 14.3. The van der Waals surface area contributed by atoms with Gasteiger partial charge in [-0.2, -0.15) is 0 Å². The lowest BCUT2D eigenvalue weighted by Gasteiger charge is -2.28. The van der Waals surface area contributed by atoms with Crippen LogP contribution < -0.4 is 10.6 Å². The van der Waals surface area contributed by atoms with Crippen LogP contribution in [0.25, 0.3) is 0 Å². The Labute approximate surface area is 120 Å². The second kappa shape index (κ2) is 6.24. The van der Waals surface area contributed by atoms with Crippen LogP contribution in [-0.4, -0.2) is 34.5 Å². The Morgan fingerprint density at radius 3 is 1.70 bits per heavy atom. The number of carbonyl (C=O) groups is 3. The molecular weight excluding hydrogens is 260 g/mol. The van der Waals surface area contributed by atoms with Crippen molar-refractivity contribution in [2.45, 2.75) is 60.0 Å². The van der Waals surface area contributed by atoms with Crippen LogP contribution >= 0.6 is 0 Å². The Hall–Kier alpha value is -1.59. The summed E-state index contributed by atoms with van der Waals surface area (Å²) >= 11 is 0. The van der Waals surface area contributed by atoms with Crippen LogP contribution in [0.5, 0.6) is 0 Å². The number of hydrogen-bond donors (Lipinski definition) is 3. The van der Waals surface area contributed by atoms with Gasteiger partial charge in [0.05, 0.1) is 0 Å². The quantitative estimate of drug-likeness (QED) is 0.676. The number of carbonyl (C=O) groups excluding carboxylic acids is 2. The van der Waals surface area contributed by atoms with Gasteiger partial charge in [-0.1, -0.05) is 20.8 Å². The molecule has 0 bridgehead atoms. The van der Waals surface area contributed by atoms with Gasteiger partial charge >= 0.3 is 5.97 Å². The first-order chi connectivity index (χ1) is 8.75. The molecule has 0 aliphatic carbocycles. The Balaban J connectivity index is 4.82. The van der Waals surface area contributed by atoms with Gasteiger partial charge in [0.25, 0.3) is 0 Å². The molecule has 0 aliphatic rings. The average Bonchev–Trinajstić information content (AvgIpc) is 2.10. The first-order valence-corrected chi connectivity index (χ1v) is 6.61. The lowest BCUT2D eigenvalue weighted by molar-refractivity contribution is -0.152. The summed E-state index contributed by atoms with van der Waals surface area (Å²) in [5.41, 5.74) is -1.14. The third-order valence-electron chi connectivity index (χ3n) is 2.63. The van der Waals surface area contributed by atoms with Crippen molar-refractivity contribution >= 4 is 17.8 Å². The molecule has 0 aromatic rings. The van der Waals surface area contributed by atoms with Crippen molar-refractivity contribution in [3.8, 4) is 0 Å². The summed E-state index contributed by atoms with van der Waals surface area (Å²) < 4.78 is 0. The summed E-state index contributed by atoms with van der Waals surface area (Å²) in [6.45, 7) is 12.0. The molecule has 2 amide bonds. The van der Waals surface area contributed by atoms with E-state index in [0.29, 0.717) is 0 Å².